The molecule has 0 heterocycles. The maximum atomic E-state index is 9.24. The van der Waals surface area contributed by atoms with Crippen LogP contribution in [0.4, 0.5) is 0 Å². The molecule has 0 aliphatic carbocycles. The second kappa shape index (κ2) is 4.91. The van der Waals surface area contributed by atoms with Crippen molar-refractivity contribution in [1.29, 1.82) is 0 Å². The van der Waals surface area contributed by atoms with Gasteiger partial charge in [0.25, 0.3) is 0 Å². The van der Waals surface area contributed by atoms with Crippen molar-refractivity contribution in [3.63, 3.8) is 0 Å². The number of hydrogen-bond acceptors (Lipinski definition) is 1. The van der Waals surface area contributed by atoms with Gasteiger partial charge in [-0.3, -0.25) is 0 Å². The van der Waals surface area contributed by atoms with Crippen molar-refractivity contribution in [2.24, 2.45) is 0 Å². The van der Waals surface area contributed by atoms with E-state index < -0.39 is 61.5 Å². The van der Waals surface area contributed by atoms with Crippen LogP contribution < -0.4 is 0 Å². The number of rotatable bonds is 4. The van der Waals surface area contributed by atoms with Gasteiger partial charge in [0.1, 0.15) is 0 Å². The smallest absolute Gasteiger partial charge is 0.0626 e. The molecule has 1 nitrogen and oxygen atoms in total. The van der Waals surface area contributed by atoms with E-state index in [1.165, 1.54) is 0 Å². The maximum Gasteiger partial charge on any atom is 0.0626 e. The molecule has 0 amide bonds. The monoisotopic (exact) mass is 163 g/mol. The highest BCUT2D eigenvalue weighted by atomic mass is 16.2. The normalized spacial score (nSPS) is 32.3. The lowest BCUT2D eigenvalue weighted by molar-refractivity contribution is 0.284. The predicted octanol–water partition coefficient (Wildman–Crippen LogP) is 2.00. The van der Waals surface area contributed by atoms with E-state index in [9.17, 15) is 5.11 Å². The summed E-state index contributed by atoms with van der Waals surface area (Å²) < 4.78 is 97.8. The second-order valence-corrected chi connectivity index (χ2v) is 1.49. The van der Waals surface area contributed by atoms with Gasteiger partial charge in [-0.2, -0.15) is 0 Å². The zero-order chi connectivity index (χ0) is 19.5. The minimum absolute atomic E-state index is 0.842. The zero-order valence-electron chi connectivity index (χ0n) is 18.4. The van der Waals surface area contributed by atoms with Crippen LogP contribution in [0.5, 0.6) is 0 Å². The van der Waals surface area contributed by atoms with Gasteiger partial charge in [0.05, 0.1) is 9.60 Å². The molecule has 0 unspecified atom stereocenters. The van der Waals surface area contributed by atoms with Gasteiger partial charge < -0.3 is 5.11 Å². The largest absolute Gasteiger partial charge is 0.396 e. The first-order chi connectivity index (χ1) is 10.4. The van der Waals surface area contributed by atoms with Crippen molar-refractivity contribution in [3.8, 4) is 0 Å². The minimum Gasteiger partial charge on any atom is -0.396 e. The van der Waals surface area contributed by atoms with Crippen molar-refractivity contribution < 1.29 is 22.9 Å². The third kappa shape index (κ3) is 3.19. The summed E-state index contributed by atoms with van der Waals surface area (Å²) in [6, 6.07) is -4.89. The predicted molar refractivity (Wildman–Crippen MR) is 46.5 cm³/mol. The van der Waals surface area contributed by atoms with Crippen LogP contribution in [0.1, 0.15) is 36.1 Å². The molecule has 0 fully saturated rings. The Balaban J connectivity index is 3.80. The fourth-order valence-corrected chi connectivity index (χ4v) is 0.434. The number of benzene rings is 1. The first-order valence-corrected chi connectivity index (χ1v) is 2.72. The molecule has 60 valence electrons. The first-order valence-electron chi connectivity index (χ1n) is 9.22. The molecule has 0 aliphatic heterocycles. The summed E-state index contributed by atoms with van der Waals surface area (Å²) in [5, 5.41) is 9.24. The molecule has 1 heteroatoms. The maximum absolute atomic E-state index is 9.24. The molecule has 0 aromatic heterocycles. The molecule has 0 saturated heterocycles. The summed E-state index contributed by atoms with van der Waals surface area (Å²) in [4.78, 5) is 0. The van der Waals surface area contributed by atoms with E-state index >= 15 is 0 Å². The highest BCUT2D eigenvalue weighted by molar-refractivity contribution is 5.14. The van der Waals surface area contributed by atoms with Crippen LogP contribution >= 0.6 is 0 Å². The lowest BCUT2D eigenvalue weighted by Crippen LogP contribution is -1.87. The van der Waals surface area contributed by atoms with E-state index in [1.54, 1.807) is 0 Å². The molecular weight excluding hydrogens is 136 g/mol. The van der Waals surface area contributed by atoms with Gasteiger partial charge in [0.15, 0.2) is 0 Å². The van der Waals surface area contributed by atoms with E-state index in [4.69, 9.17) is 17.8 Å². The van der Waals surface area contributed by atoms with Crippen molar-refractivity contribution in [2.45, 2.75) is 19.1 Å². The van der Waals surface area contributed by atoms with Crippen molar-refractivity contribution >= 4 is 0 Å². The van der Waals surface area contributed by atoms with Gasteiger partial charge in [-0.1, -0.05) is 30.2 Å². The Morgan fingerprint density at radius 1 is 1.27 bits per heavy atom. The van der Waals surface area contributed by atoms with E-state index in [2.05, 4.69) is 0 Å². The summed E-state index contributed by atoms with van der Waals surface area (Å²) in [5.74, 6) is 0. The van der Waals surface area contributed by atoms with Crippen molar-refractivity contribution in [3.05, 3.63) is 35.8 Å². The van der Waals surface area contributed by atoms with Crippen LogP contribution in [0.2, 0.25) is 0 Å². The number of hydrogen-bond donors (Lipinski definition) is 1. The van der Waals surface area contributed by atoms with Gasteiger partial charge in [-0.15, -0.1) is 0 Å². The zero-order valence-corrected chi connectivity index (χ0v) is 5.45. The molecule has 1 aromatic rings. The molecule has 0 aliphatic rings. The number of aliphatic hydroxyl groups is 1. The van der Waals surface area contributed by atoms with E-state index in [0.717, 1.165) is 0 Å². The molecule has 0 atom stereocenters. The Morgan fingerprint density at radius 3 is 2.64 bits per heavy atom. The summed E-state index contributed by atoms with van der Waals surface area (Å²) in [7, 11) is 0. The molecule has 1 N–H and O–H groups in total. The van der Waals surface area contributed by atoms with Gasteiger partial charge in [-0.05, 0) is 24.7 Å². The van der Waals surface area contributed by atoms with Gasteiger partial charge in [0.2, 0.25) is 0 Å². The Bertz CT molecular complexity index is 631. The van der Waals surface area contributed by atoms with Crippen LogP contribution in [0, 0.1) is 0 Å². The van der Waals surface area contributed by atoms with E-state index in [0.29, 0.717) is 0 Å². The lowest BCUT2D eigenvalue weighted by Gasteiger charge is -1.97. The van der Waals surface area contributed by atoms with Gasteiger partial charge in [-0.25, -0.2) is 0 Å². The molecule has 0 spiro atoms. The average Bonchev–Trinajstić information content (AvgIpc) is 2.41. The Labute approximate surface area is 86.0 Å². The third-order valence-corrected chi connectivity index (χ3v) is 0.806. The van der Waals surface area contributed by atoms with Gasteiger partial charge in [0, 0.05) is 14.8 Å². The summed E-state index contributed by atoms with van der Waals surface area (Å²) in [6.07, 6.45) is -11.1. The summed E-state index contributed by atoms with van der Waals surface area (Å²) >= 11 is 0. The van der Waals surface area contributed by atoms with Crippen LogP contribution in [0.3, 0.4) is 0 Å². The quantitative estimate of drug-likeness (QED) is 0.720. The molecular formula is C10H14O. The third-order valence-electron chi connectivity index (χ3n) is 0.806. The van der Waals surface area contributed by atoms with E-state index in [-0.39, 0.29) is 0 Å². The summed E-state index contributed by atoms with van der Waals surface area (Å²) in [5.41, 5.74) is -1.16. The molecule has 0 radical (unpaired) electrons. The van der Waals surface area contributed by atoms with Gasteiger partial charge >= 0.3 is 0 Å². The highest BCUT2D eigenvalue weighted by Crippen LogP contribution is 2.03. The van der Waals surface area contributed by atoms with Crippen LogP contribution in [-0.4, -0.2) is 11.7 Å². The molecule has 0 saturated carbocycles. The van der Waals surface area contributed by atoms with Crippen molar-refractivity contribution in [1.82, 2.24) is 0 Å². The average molecular weight is 163 g/mol. The second-order valence-electron chi connectivity index (χ2n) is 1.49. The molecule has 0 bridgehead atoms. The first kappa shape index (κ1) is 1.60. The Hall–Kier alpha value is -0.820. The van der Waals surface area contributed by atoms with Crippen LogP contribution in [-0.2, 0) is 6.37 Å². The Kier molecular flexibility index (Phi) is 0.713. The molecule has 1 aromatic carbocycles. The summed E-state index contributed by atoms with van der Waals surface area (Å²) in [6.45, 7) is -3.79. The van der Waals surface area contributed by atoms with E-state index in [1.807, 2.05) is 0 Å². The SMILES string of the molecule is [2H]c1c([2H])c([2H])c(C([2H])([2H])C([2H])([2H])C([2H])([2H])C([2H])([2H])O)c([2H])c1[2H]. The fourth-order valence-electron chi connectivity index (χ4n) is 0.434. The highest BCUT2D eigenvalue weighted by Gasteiger charge is 1.89. The Morgan fingerprint density at radius 2 is 2.00 bits per heavy atom. The van der Waals surface area contributed by atoms with Crippen LogP contribution in [0.15, 0.2) is 30.2 Å². The molecule has 11 heavy (non-hydrogen) atoms. The fraction of sp³-hybridized carbons (Fsp3) is 0.400. The lowest BCUT2D eigenvalue weighted by atomic mass is 10.1. The molecule has 1 rings (SSSR count). The van der Waals surface area contributed by atoms with Crippen LogP contribution in [0.25, 0.3) is 0 Å². The standard InChI is InChI=1S/C10H14O/c11-9-5-4-8-10-6-2-1-3-7-10/h1-3,6-7,11H,4-5,8-9H2/i1D,2D,3D,4D2,5D2,6D,7D,8D2,9D2. The minimum atomic E-state index is -3.80. The topological polar surface area (TPSA) is 20.2 Å². The van der Waals surface area contributed by atoms with Crippen molar-refractivity contribution in [2.75, 3.05) is 6.56 Å².